The first-order valence-electron chi connectivity index (χ1n) is 9.11. The summed E-state index contributed by atoms with van der Waals surface area (Å²) in [6.45, 7) is 1.86. The molecule has 0 saturated carbocycles. The van der Waals surface area contributed by atoms with Crippen LogP contribution in [0.15, 0.2) is 65.8 Å². The highest BCUT2D eigenvalue weighted by molar-refractivity contribution is 6.08. The molecule has 0 bridgehead atoms. The average Bonchev–Trinajstić information content (AvgIpc) is 3.19. The van der Waals surface area contributed by atoms with Crippen LogP contribution in [0.5, 0.6) is 11.5 Å². The molecule has 4 rings (SSSR count). The van der Waals surface area contributed by atoms with Crippen molar-refractivity contribution in [3.63, 3.8) is 0 Å². The van der Waals surface area contributed by atoms with Gasteiger partial charge in [0.2, 0.25) is 12.7 Å². The number of nitrogens with zero attached hydrogens (tertiary/aromatic N) is 1. The molecule has 0 atom stereocenters. The van der Waals surface area contributed by atoms with E-state index in [1.165, 1.54) is 0 Å². The van der Waals surface area contributed by atoms with Gasteiger partial charge in [-0.2, -0.15) is 5.10 Å². The second kappa shape index (κ2) is 8.02. The van der Waals surface area contributed by atoms with Crippen molar-refractivity contribution in [3.8, 4) is 11.5 Å². The molecule has 7 nitrogen and oxygen atoms in total. The van der Waals surface area contributed by atoms with E-state index >= 15 is 0 Å². The van der Waals surface area contributed by atoms with Gasteiger partial charge in [0, 0.05) is 23.0 Å². The number of anilines is 1. The van der Waals surface area contributed by atoms with Crippen LogP contribution in [0.2, 0.25) is 0 Å². The number of carbonyl (C=O) groups is 2. The van der Waals surface area contributed by atoms with Crippen molar-refractivity contribution in [3.05, 3.63) is 66.2 Å². The molecule has 0 unspecified atom stereocenters. The van der Waals surface area contributed by atoms with Crippen LogP contribution in [0, 0.1) is 0 Å². The smallest absolute Gasteiger partial charge is 0.271 e. The van der Waals surface area contributed by atoms with Crippen molar-refractivity contribution >= 4 is 34.0 Å². The fraction of sp³-hybridized carbons (Fsp3) is 0.136. The predicted octanol–water partition coefficient (Wildman–Crippen LogP) is 3.70. The SMILES string of the molecule is CC(CC(=O)Nc1ccc2c(c1)OCO2)=NNC(=O)c1cccc2ccccc12. The van der Waals surface area contributed by atoms with E-state index in [1.807, 2.05) is 36.4 Å². The maximum atomic E-state index is 12.5. The summed E-state index contributed by atoms with van der Waals surface area (Å²) in [4.78, 5) is 24.7. The molecule has 0 radical (unpaired) electrons. The normalized spacial score (nSPS) is 12.7. The van der Waals surface area contributed by atoms with E-state index in [9.17, 15) is 9.59 Å². The van der Waals surface area contributed by atoms with Crippen molar-refractivity contribution < 1.29 is 19.1 Å². The van der Waals surface area contributed by atoms with Gasteiger partial charge in [-0.1, -0.05) is 36.4 Å². The molecule has 0 spiro atoms. The van der Waals surface area contributed by atoms with Gasteiger partial charge in [0.1, 0.15) is 0 Å². The molecule has 1 aliphatic rings. The molecule has 3 aromatic carbocycles. The second-order valence-electron chi connectivity index (χ2n) is 6.61. The van der Waals surface area contributed by atoms with Crippen LogP contribution in [0.1, 0.15) is 23.7 Å². The van der Waals surface area contributed by atoms with E-state index < -0.39 is 0 Å². The molecule has 2 N–H and O–H groups in total. The molecular formula is C22H19N3O4. The Morgan fingerprint density at radius 2 is 1.79 bits per heavy atom. The van der Waals surface area contributed by atoms with Gasteiger partial charge >= 0.3 is 0 Å². The molecule has 0 saturated heterocycles. The number of carbonyl (C=O) groups excluding carboxylic acids is 2. The monoisotopic (exact) mass is 389 g/mol. The number of hydrogen-bond donors (Lipinski definition) is 2. The van der Waals surface area contributed by atoms with Gasteiger partial charge < -0.3 is 14.8 Å². The largest absolute Gasteiger partial charge is 0.454 e. The van der Waals surface area contributed by atoms with E-state index in [-0.39, 0.29) is 25.0 Å². The molecule has 0 aliphatic carbocycles. The third-order valence-electron chi connectivity index (χ3n) is 4.46. The zero-order valence-electron chi connectivity index (χ0n) is 15.8. The van der Waals surface area contributed by atoms with E-state index in [0.717, 1.165) is 10.8 Å². The van der Waals surface area contributed by atoms with Crippen LogP contribution in [-0.2, 0) is 4.79 Å². The molecule has 2 amide bonds. The summed E-state index contributed by atoms with van der Waals surface area (Å²) in [5.41, 5.74) is 4.15. The van der Waals surface area contributed by atoms with Crippen LogP contribution in [0.3, 0.4) is 0 Å². The summed E-state index contributed by atoms with van der Waals surface area (Å²) in [7, 11) is 0. The summed E-state index contributed by atoms with van der Waals surface area (Å²) in [6.07, 6.45) is 0.0459. The molecule has 7 heteroatoms. The van der Waals surface area contributed by atoms with E-state index in [1.54, 1.807) is 31.2 Å². The Bertz CT molecular complexity index is 1120. The number of amides is 2. The highest BCUT2D eigenvalue weighted by Gasteiger charge is 2.14. The van der Waals surface area contributed by atoms with Gasteiger partial charge in [-0.15, -0.1) is 0 Å². The van der Waals surface area contributed by atoms with E-state index in [4.69, 9.17) is 9.47 Å². The number of rotatable bonds is 5. The van der Waals surface area contributed by atoms with E-state index in [2.05, 4.69) is 15.8 Å². The minimum atomic E-state index is -0.322. The average molecular weight is 389 g/mol. The molecule has 29 heavy (non-hydrogen) atoms. The number of fused-ring (bicyclic) bond motifs is 2. The van der Waals surface area contributed by atoms with Crippen molar-refractivity contribution in [2.75, 3.05) is 12.1 Å². The number of ether oxygens (including phenoxy) is 2. The summed E-state index contributed by atoms with van der Waals surface area (Å²) >= 11 is 0. The standard InChI is InChI=1S/C22H19N3O4/c1-14(11-21(26)23-16-9-10-19-20(12-16)29-13-28-19)24-25-22(27)18-8-4-6-15-5-2-3-7-17(15)18/h2-10,12H,11,13H2,1H3,(H,23,26)(H,25,27). The number of hydrogen-bond acceptors (Lipinski definition) is 5. The van der Waals surface area contributed by atoms with Gasteiger partial charge in [-0.05, 0) is 35.9 Å². The lowest BCUT2D eigenvalue weighted by molar-refractivity contribution is -0.115. The summed E-state index contributed by atoms with van der Waals surface area (Å²) in [5, 5.41) is 8.66. The van der Waals surface area contributed by atoms with Gasteiger partial charge in [0.25, 0.3) is 5.91 Å². The summed E-state index contributed by atoms with van der Waals surface area (Å²) in [5.74, 6) is 0.675. The van der Waals surface area contributed by atoms with Crippen LogP contribution in [0.4, 0.5) is 5.69 Å². The summed E-state index contributed by atoms with van der Waals surface area (Å²) in [6, 6.07) is 18.3. The maximum absolute atomic E-state index is 12.5. The zero-order chi connectivity index (χ0) is 20.2. The highest BCUT2D eigenvalue weighted by Crippen LogP contribution is 2.34. The molecule has 146 valence electrons. The Kier molecular flexibility index (Phi) is 5.11. The van der Waals surface area contributed by atoms with Crippen molar-refractivity contribution in [2.24, 2.45) is 5.10 Å². The zero-order valence-corrected chi connectivity index (χ0v) is 15.8. The van der Waals surface area contributed by atoms with Gasteiger partial charge in [0.15, 0.2) is 11.5 Å². The van der Waals surface area contributed by atoms with Crippen molar-refractivity contribution in [1.82, 2.24) is 5.43 Å². The lowest BCUT2D eigenvalue weighted by Gasteiger charge is -2.07. The third kappa shape index (κ3) is 4.19. The van der Waals surface area contributed by atoms with Crippen LogP contribution in [-0.4, -0.2) is 24.3 Å². The third-order valence-corrected chi connectivity index (χ3v) is 4.46. The fourth-order valence-corrected chi connectivity index (χ4v) is 3.08. The number of nitrogens with one attached hydrogen (secondary N) is 2. The minimum Gasteiger partial charge on any atom is -0.454 e. The molecule has 0 fully saturated rings. The maximum Gasteiger partial charge on any atom is 0.271 e. The quantitative estimate of drug-likeness (QED) is 0.514. The molecule has 1 heterocycles. The first kappa shape index (κ1) is 18.5. The van der Waals surface area contributed by atoms with Gasteiger partial charge in [0.05, 0.1) is 6.42 Å². The Balaban J connectivity index is 1.37. The second-order valence-corrected chi connectivity index (χ2v) is 6.61. The van der Waals surface area contributed by atoms with E-state index in [0.29, 0.717) is 28.5 Å². The number of hydrazone groups is 1. The number of benzene rings is 3. The fourth-order valence-electron chi connectivity index (χ4n) is 3.08. The van der Waals surface area contributed by atoms with Crippen LogP contribution in [0.25, 0.3) is 10.8 Å². The highest BCUT2D eigenvalue weighted by atomic mass is 16.7. The Morgan fingerprint density at radius 3 is 2.69 bits per heavy atom. The molecule has 0 aromatic heterocycles. The lowest BCUT2D eigenvalue weighted by atomic mass is 10.0. The Labute approximate surface area is 167 Å². The minimum absolute atomic E-state index is 0.0459. The molecule has 3 aromatic rings. The summed E-state index contributed by atoms with van der Waals surface area (Å²) < 4.78 is 10.5. The molecule has 1 aliphatic heterocycles. The van der Waals surface area contributed by atoms with Crippen LogP contribution < -0.4 is 20.2 Å². The Morgan fingerprint density at radius 1 is 1.00 bits per heavy atom. The topological polar surface area (TPSA) is 89.0 Å². The Hall–Kier alpha value is -3.87. The van der Waals surface area contributed by atoms with Crippen molar-refractivity contribution in [2.45, 2.75) is 13.3 Å². The van der Waals surface area contributed by atoms with Crippen molar-refractivity contribution in [1.29, 1.82) is 0 Å². The predicted molar refractivity (Wildman–Crippen MR) is 110 cm³/mol. The van der Waals surface area contributed by atoms with Gasteiger partial charge in [-0.25, -0.2) is 5.43 Å². The first-order valence-corrected chi connectivity index (χ1v) is 9.11. The van der Waals surface area contributed by atoms with Crippen LogP contribution >= 0.6 is 0 Å². The lowest BCUT2D eigenvalue weighted by Crippen LogP contribution is -2.21. The van der Waals surface area contributed by atoms with Gasteiger partial charge in [-0.3, -0.25) is 9.59 Å². The molecular weight excluding hydrogens is 370 g/mol. The first-order chi connectivity index (χ1) is 14.1.